The number of hydrogen-bond donors (Lipinski definition) is 1. The van der Waals surface area contributed by atoms with Crippen LogP contribution in [0.4, 0.5) is 11.4 Å². The van der Waals surface area contributed by atoms with E-state index in [0.717, 1.165) is 11.3 Å². The zero-order chi connectivity index (χ0) is 23.3. The van der Waals surface area contributed by atoms with Gasteiger partial charge in [-0.15, -0.1) is 0 Å². The Bertz CT molecular complexity index is 975. The Hall–Kier alpha value is -2.79. The van der Waals surface area contributed by atoms with Crippen LogP contribution in [-0.4, -0.2) is 42.9 Å². The van der Waals surface area contributed by atoms with Crippen molar-refractivity contribution in [1.29, 1.82) is 0 Å². The molecule has 5 nitrogen and oxygen atoms in total. The highest BCUT2D eigenvalue weighted by Crippen LogP contribution is 2.30. The second-order valence-electron chi connectivity index (χ2n) is 8.77. The summed E-state index contributed by atoms with van der Waals surface area (Å²) in [6.07, 6.45) is 3.34. The molecule has 0 unspecified atom stereocenters. The third-order valence-electron chi connectivity index (χ3n) is 5.67. The fraction of sp³-hybridized carbons (Fsp3) is 0.385. The molecule has 2 aromatic rings. The molecule has 0 bridgehead atoms. The molecule has 2 aromatic carbocycles. The van der Waals surface area contributed by atoms with Crippen LogP contribution in [0.1, 0.15) is 44.7 Å². The quantitative estimate of drug-likeness (QED) is 0.594. The number of nitrogens with one attached hydrogen (secondary N) is 1. The minimum absolute atomic E-state index is 0.000273. The van der Waals surface area contributed by atoms with Crippen LogP contribution >= 0.6 is 11.6 Å². The number of anilines is 2. The lowest BCUT2D eigenvalue weighted by atomic mass is 10.0. The van der Waals surface area contributed by atoms with E-state index in [9.17, 15) is 9.59 Å². The summed E-state index contributed by atoms with van der Waals surface area (Å²) in [5.74, 6) is 0.444. The molecule has 3 rings (SSSR count). The van der Waals surface area contributed by atoms with E-state index in [0.29, 0.717) is 42.8 Å². The highest BCUT2D eigenvalue weighted by molar-refractivity contribution is 6.31. The van der Waals surface area contributed by atoms with Crippen LogP contribution in [0.3, 0.4) is 0 Å². The van der Waals surface area contributed by atoms with Crippen LogP contribution in [0.15, 0.2) is 48.5 Å². The summed E-state index contributed by atoms with van der Waals surface area (Å²) < 4.78 is 0. The van der Waals surface area contributed by atoms with E-state index in [4.69, 9.17) is 11.6 Å². The molecular formula is C26H32ClN3O2. The third-order valence-corrected chi connectivity index (χ3v) is 5.91. The predicted molar refractivity (Wildman–Crippen MR) is 133 cm³/mol. The molecule has 0 aromatic heterocycles. The lowest BCUT2D eigenvalue weighted by Crippen LogP contribution is -2.50. The van der Waals surface area contributed by atoms with Crippen molar-refractivity contribution in [3.63, 3.8) is 0 Å². The van der Waals surface area contributed by atoms with E-state index >= 15 is 0 Å². The van der Waals surface area contributed by atoms with E-state index < -0.39 is 0 Å². The van der Waals surface area contributed by atoms with E-state index in [2.05, 4.69) is 36.2 Å². The highest BCUT2D eigenvalue weighted by atomic mass is 35.5. The Balaban J connectivity index is 1.67. The van der Waals surface area contributed by atoms with Crippen LogP contribution in [0.25, 0.3) is 6.08 Å². The van der Waals surface area contributed by atoms with Gasteiger partial charge in [0.25, 0.3) is 0 Å². The fourth-order valence-corrected chi connectivity index (χ4v) is 3.93. The molecule has 170 valence electrons. The maximum Gasteiger partial charge on any atom is 0.248 e. The number of hydrogen-bond acceptors (Lipinski definition) is 3. The lowest BCUT2D eigenvalue weighted by molar-refractivity contribution is -0.134. The van der Waals surface area contributed by atoms with Crippen LogP contribution in [0.5, 0.6) is 0 Å². The van der Waals surface area contributed by atoms with E-state index in [1.54, 1.807) is 12.1 Å². The van der Waals surface area contributed by atoms with Crippen molar-refractivity contribution < 1.29 is 9.59 Å². The molecule has 1 fully saturated rings. The van der Waals surface area contributed by atoms with Gasteiger partial charge >= 0.3 is 0 Å². The second kappa shape index (κ2) is 10.7. The average molecular weight is 454 g/mol. The van der Waals surface area contributed by atoms with Gasteiger partial charge in [0.05, 0.1) is 11.4 Å². The first-order chi connectivity index (χ1) is 15.2. The van der Waals surface area contributed by atoms with Gasteiger partial charge in [-0.1, -0.05) is 63.6 Å². The third kappa shape index (κ3) is 6.13. The van der Waals surface area contributed by atoms with Crippen molar-refractivity contribution in [3.05, 3.63) is 64.7 Å². The zero-order valence-electron chi connectivity index (χ0n) is 19.3. The van der Waals surface area contributed by atoms with Gasteiger partial charge in [-0.05, 0) is 41.3 Å². The summed E-state index contributed by atoms with van der Waals surface area (Å²) in [5.41, 5.74) is 3.83. The minimum Gasteiger partial charge on any atom is -0.366 e. The standard InChI is InChI=1S/C26H32ClN3O2/c1-18(2)21-8-5-20(6-9-21)7-12-25(31)28-23-17-22(27)10-11-24(23)29-13-15-30(16-14-29)26(32)19(3)4/h5-12,17-19H,13-16H2,1-4H3,(H,28,31)/b12-7+. The number of halogens is 1. The highest BCUT2D eigenvalue weighted by Gasteiger charge is 2.24. The number of piperazine rings is 1. The van der Waals surface area contributed by atoms with Crippen LogP contribution in [-0.2, 0) is 9.59 Å². The largest absolute Gasteiger partial charge is 0.366 e. The molecule has 0 aliphatic carbocycles. The predicted octanol–water partition coefficient (Wildman–Crippen LogP) is 5.42. The summed E-state index contributed by atoms with van der Waals surface area (Å²) in [6.45, 7) is 10.9. The van der Waals surface area contributed by atoms with Gasteiger partial charge in [-0.3, -0.25) is 9.59 Å². The van der Waals surface area contributed by atoms with Gasteiger partial charge in [-0.25, -0.2) is 0 Å². The first kappa shape index (κ1) is 23.9. The van der Waals surface area contributed by atoms with E-state index in [1.807, 2.05) is 43.0 Å². The molecule has 1 N–H and O–H groups in total. The number of benzene rings is 2. The van der Waals surface area contributed by atoms with Crippen molar-refractivity contribution in [3.8, 4) is 0 Å². The number of rotatable bonds is 6. The molecule has 0 spiro atoms. The SMILES string of the molecule is CC(C)C(=O)N1CCN(c2ccc(Cl)cc2NC(=O)/C=C/c2ccc(C(C)C)cc2)CC1. The van der Waals surface area contributed by atoms with Gasteiger partial charge in [0.15, 0.2) is 0 Å². The molecular weight excluding hydrogens is 422 g/mol. The Labute approximate surface area is 196 Å². The average Bonchev–Trinajstić information content (AvgIpc) is 2.77. The number of carbonyl (C=O) groups excluding carboxylic acids is 2. The molecule has 1 aliphatic rings. The van der Waals surface area contributed by atoms with Crippen molar-refractivity contribution in [2.24, 2.45) is 5.92 Å². The Kier molecular flexibility index (Phi) is 7.97. The maximum absolute atomic E-state index is 12.6. The molecule has 0 saturated carbocycles. The van der Waals surface area contributed by atoms with Gasteiger partial charge in [-0.2, -0.15) is 0 Å². The molecule has 1 saturated heterocycles. The summed E-state index contributed by atoms with van der Waals surface area (Å²) in [7, 11) is 0. The number of carbonyl (C=O) groups is 2. The van der Waals surface area contributed by atoms with Crippen LogP contribution in [0.2, 0.25) is 5.02 Å². The van der Waals surface area contributed by atoms with Crippen molar-refractivity contribution in [2.45, 2.75) is 33.6 Å². The first-order valence-electron chi connectivity index (χ1n) is 11.2. The maximum atomic E-state index is 12.6. The van der Waals surface area contributed by atoms with Crippen LogP contribution < -0.4 is 10.2 Å². The zero-order valence-corrected chi connectivity index (χ0v) is 20.0. The van der Waals surface area contributed by atoms with E-state index in [-0.39, 0.29) is 17.7 Å². The Morgan fingerprint density at radius 1 is 0.969 bits per heavy atom. The smallest absolute Gasteiger partial charge is 0.248 e. The molecule has 32 heavy (non-hydrogen) atoms. The molecule has 2 amide bonds. The first-order valence-corrected chi connectivity index (χ1v) is 11.5. The molecule has 0 atom stereocenters. The van der Waals surface area contributed by atoms with Crippen LogP contribution in [0, 0.1) is 5.92 Å². The van der Waals surface area contributed by atoms with Crippen molar-refractivity contribution >= 4 is 40.9 Å². The summed E-state index contributed by atoms with van der Waals surface area (Å²) in [5, 5.41) is 3.53. The Morgan fingerprint density at radius 3 is 2.22 bits per heavy atom. The normalized spacial score (nSPS) is 14.5. The summed E-state index contributed by atoms with van der Waals surface area (Å²) in [4.78, 5) is 29.0. The van der Waals surface area contributed by atoms with Gasteiger partial charge in [0, 0.05) is 43.2 Å². The minimum atomic E-state index is -0.213. The second-order valence-corrected chi connectivity index (χ2v) is 9.21. The molecule has 1 heterocycles. The van der Waals surface area contributed by atoms with Gasteiger partial charge in [0.2, 0.25) is 11.8 Å². The number of nitrogens with zero attached hydrogens (tertiary/aromatic N) is 2. The van der Waals surface area contributed by atoms with Crippen molar-refractivity contribution in [2.75, 3.05) is 36.4 Å². The molecule has 0 radical (unpaired) electrons. The Morgan fingerprint density at radius 2 is 1.62 bits per heavy atom. The van der Waals surface area contributed by atoms with Gasteiger partial charge in [0.1, 0.15) is 0 Å². The van der Waals surface area contributed by atoms with E-state index in [1.165, 1.54) is 11.6 Å². The topological polar surface area (TPSA) is 52.7 Å². The summed E-state index contributed by atoms with van der Waals surface area (Å²) >= 11 is 6.21. The van der Waals surface area contributed by atoms with Crippen molar-refractivity contribution in [1.82, 2.24) is 4.90 Å². The monoisotopic (exact) mass is 453 g/mol. The summed E-state index contributed by atoms with van der Waals surface area (Å²) in [6, 6.07) is 13.7. The lowest BCUT2D eigenvalue weighted by Gasteiger charge is -2.37. The number of amides is 2. The van der Waals surface area contributed by atoms with Gasteiger partial charge < -0.3 is 15.1 Å². The molecule has 1 aliphatic heterocycles. The fourth-order valence-electron chi connectivity index (χ4n) is 3.76. The molecule has 6 heteroatoms.